The van der Waals surface area contributed by atoms with Crippen LogP contribution < -0.4 is 9.64 Å². The van der Waals surface area contributed by atoms with Crippen molar-refractivity contribution >= 4 is 27.4 Å². The quantitative estimate of drug-likeness (QED) is 0.600. The summed E-state index contributed by atoms with van der Waals surface area (Å²) in [7, 11) is 1.72. The lowest BCUT2D eigenvalue weighted by atomic mass is 9.84. The average Bonchev–Trinajstić information content (AvgIpc) is 2.98. The van der Waals surface area contributed by atoms with Crippen molar-refractivity contribution in [3.05, 3.63) is 23.3 Å². The number of hydrogen-bond acceptors (Lipinski definition) is 3. The molecule has 0 aliphatic carbocycles. The third-order valence-electron chi connectivity index (χ3n) is 3.97. The van der Waals surface area contributed by atoms with Crippen LogP contribution >= 0.6 is 15.9 Å². The van der Waals surface area contributed by atoms with Crippen molar-refractivity contribution in [2.45, 2.75) is 39.0 Å². The molecule has 2 rings (SSSR count). The Morgan fingerprint density at radius 1 is 1.29 bits per heavy atom. The number of ether oxygens (including phenoxy) is 1. The zero-order valence-electron chi connectivity index (χ0n) is 13.3. The number of halogens is 1. The molecule has 0 spiro atoms. The van der Waals surface area contributed by atoms with E-state index in [-0.39, 0.29) is 11.2 Å². The zero-order valence-corrected chi connectivity index (χ0v) is 14.9. The molecule has 0 unspecified atom stereocenters. The second-order valence-electron chi connectivity index (χ2n) is 6.58. The van der Waals surface area contributed by atoms with Crippen LogP contribution in [0.2, 0.25) is 0 Å². The Morgan fingerprint density at radius 2 is 1.90 bits per heavy atom. The summed E-state index contributed by atoms with van der Waals surface area (Å²) in [6.45, 7) is 8.53. The summed E-state index contributed by atoms with van der Waals surface area (Å²) in [5.74, 6) is 1.03. The van der Waals surface area contributed by atoms with Gasteiger partial charge in [-0.25, -0.2) is 0 Å². The first-order valence-electron chi connectivity index (χ1n) is 7.45. The van der Waals surface area contributed by atoms with Crippen molar-refractivity contribution in [2.75, 3.05) is 30.4 Å². The summed E-state index contributed by atoms with van der Waals surface area (Å²) < 4.78 is 5.72. The number of benzene rings is 1. The Hall–Kier alpha value is -1.03. The van der Waals surface area contributed by atoms with E-state index in [9.17, 15) is 4.79 Å². The number of alkyl halides is 1. The van der Waals surface area contributed by atoms with Crippen molar-refractivity contribution in [2.24, 2.45) is 0 Å². The second kappa shape index (κ2) is 6.39. The molecule has 3 nitrogen and oxygen atoms in total. The standard InChI is InChI=1S/C17H24BrNO2/c1-17(2,3)13-9-12(15(20)11-18)10-14(16(13)21-4)19-7-5-6-8-19/h9-10H,5-8,11H2,1-4H3. The third kappa shape index (κ3) is 3.42. The number of nitrogens with zero attached hydrogens (tertiary/aromatic N) is 1. The molecular weight excluding hydrogens is 330 g/mol. The maximum Gasteiger partial charge on any atom is 0.173 e. The Morgan fingerprint density at radius 3 is 2.38 bits per heavy atom. The van der Waals surface area contributed by atoms with E-state index in [1.807, 2.05) is 12.1 Å². The van der Waals surface area contributed by atoms with E-state index in [1.165, 1.54) is 12.8 Å². The molecule has 4 heteroatoms. The summed E-state index contributed by atoms with van der Waals surface area (Å²) in [6, 6.07) is 3.98. The molecular formula is C17H24BrNO2. The molecule has 1 aromatic carbocycles. The van der Waals surface area contributed by atoms with Crippen molar-refractivity contribution in [1.29, 1.82) is 0 Å². The maximum atomic E-state index is 12.2. The minimum atomic E-state index is -0.0670. The molecule has 116 valence electrons. The molecule has 1 fully saturated rings. The molecule has 1 aliphatic rings. The fraction of sp³-hybridized carbons (Fsp3) is 0.588. The van der Waals surface area contributed by atoms with Gasteiger partial charge < -0.3 is 9.64 Å². The summed E-state index contributed by atoms with van der Waals surface area (Å²) in [5.41, 5.74) is 2.85. The topological polar surface area (TPSA) is 29.5 Å². The van der Waals surface area contributed by atoms with Crippen LogP contribution in [0.1, 0.15) is 49.5 Å². The zero-order chi connectivity index (χ0) is 15.6. The van der Waals surface area contributed by atoms with E-state index in [1.54, 1.807) is 7.11 Å². The summed E-state index contributed by atoms with van der Waals surface area (Å²) >= 11 is 3.28. The van der Waals surface area contributed by atoms with Gasteiger partial charge in [-0.15, -0.1) is 0 Å². The molecule has 0 amide bonds. The van der Waals surface area contributed by atoms with Gasteiger partial charge in [-0.05, 0) is 30.4 Å². The molecule has 0 N–H and O–H groups in total. The van der Waals surface area contributed by atoms with Crippen molar-refractivity contribution < 1.29 is 9.53 Å². The molecule has 1 aliphatic heterocycles. The van der Waals surface area contributed by atoms with Gasteiger partial charge in [0, 0.05) is 24.2 Å². The van der Waals surface area contributed by atoms with Gasteiger partial charge in [0.1, 0.15) is 5.75 Å². The van der Waals surface area contributed by atoms with E-state index >= 15 is 0 Å². The fourth-order valence-corrected chi connectivity index (χ4v) is 3.14. The number of ketones is 1. The minimum Gasteiger partial charge on any atom is -0.494 e. The fourth-order valence-electron chi connectivity index (χ4n) is 2.82. The highest BCUT2D eigenvalue weighted by molar-refractivity contribution is 9.09. The van der Waals surface area contributed by atoms with Gasteiger partial charge >= 0.3 is 0 Å². The van der Waals surface area contributed by atoms with Crippen LogP contribution in [0.25, 0.3) is 0 Å². The van der Waals surface area contributed by atoms with Crippen LogP contribution in [0.15, 0.2) is 12.1 Å². The van der Waals surface area contributed by atoms with Gasteiger partial charge in [-0.1, -0.05) is 36.7 Å². The van der Waals surface area contributed by atoms with Gasteiger partial charge in [0.05, 0.1) is 18.1 Å². The summed E-state index contributed by atoms with van der Waals surface area (Å²) in [5, 5.41) is 0.350. The molecule has 0 atom stereocenters. The molecule has 0 saturated carbocycles. The summed E-state index contributed by atoms with van der Waals surface area (Å²) in [6.07, 6.45) is 2.40. The highest BCUT2D eigenvalue weighted by atomic mass is 79.9. The first kappa shape index (κ1) is 16.3. The number of methoxy groups -OCH3 is 1. The van der Waals surface area contributed by atoms with Crippen LogP contribution in [0.3, 0.4) is 0 Å². The van der Waals surface area contributed by atoms with Crippen LogP contribution in [0.4, 0.5) is 5.69 Å². The molecule has 0 bridgehead atoms. The van der Waals surface area contributed by atoms with E-state index in [2.05, 4.69) is 41.6 Å². The third-order valence-corrected chi connectivity index (χ3v) is 4.48. The number of hydrogen-bond donors (Lipinski definition) is 0. The number of rotatable bonds is 4. The predicted molar refractivity (Wildman–Crippen MR) is 91.3 cm³/mol. The Balaban J connectivity index is 2.62. The van der Waals surface area contributed by atoms with Crippen molar-refractivity contribution in [3.63, 3.8) is 0 Å². The number of Topliss-reactive ketones (excluding diaryl/α,β-unsaturated/α-hetero) is 1. The van der Waals surface area contributed by atoms with Gasteiger partial charge in [0.15, 0.2) is 5.78 Å². The van der Waals surface area contributed by atoms with Crippen LogP contribution in [-0.2, 0) is 5.41 Å². The van der Waals surface area contributed by atoms with Crippen molar-refractivity contribution in [3.8, 4) is 5.75 Å². The van der Waals surface area contributed by atoms with E-state index in [4.69, 9.17) is 4.74 Å². The van der Waals surface area contributed by atoms with Gasteiger partial charge in [-0.3, -0.25) is 4.79 Å². The molecule has 0 radical (unpaired) electrons. The highest BCUT2D eigenvalue weighted by Gasteiger charge is 2.27. The van der Waals surface area contributed by atoms with E-state index < -0.39 is 0 Å². The van der Waals surface area contributed by atoms with E-state index in [0.717, 1.165) is 35.7 Å². The second-order valence-corrected chi connectivity index (χ2v) is 7.14. The smallest absolute Gasteiger partial charge is 0.173 e. The Labute approximate surface area is 135 Å². The number of carbonyl (C=O) groups is 1. The van der Waals surface area contributed by atoms with E-state index in [0.29, 0.717) is 5.33 Å². The lowest BCUT2D eigenvalue weighted by Gasteiger charge is -2.28. The molecule has 0 aromatic heterocycles. The Kier molecular flexibility index (Phi) is 4.97. The first-order valence-corrected chi connectivity index (χ1v) is 8.57. The van der Waals surface area contributed by atoms with Gasteiger partial charge in [-0.2, -0.15) is 0 Å². The average molecular weight is 354 g/mol. The van der Waals surface area contributed by atoms with Gasteiger partial charge in [0.25, 0.3) is 0 Å². The monoisotopic (exact) mass is 353 g/mol. The minimum absolute atomic E-state index is 0.0670. The van der Waals surface area contributed by atoms with Crippen molar-refractivity contribution in [1.82, 2.24) is 0 Å². The highest BCUT2D eigenvalue weighted by Crippen LogP contribution is 2.41. The number of anilines is 1. The maximum absolute atomic E-state index is 12.2. The lowest BCUT2D eigenvalue weighted by molar-refractivity contribution is 0.102. The largest absolute Gasteiger partial charge is 0.494 e. The summed E-state index contributed by atoms with van der Waals surface area (Å²) in [4.78, 5) is 14.5. The van der Waals surface area contributed by atoms with Gasteiger partial charge in [0.2, 0.25) is 0 Å². The predicted octanol–water partition coefficient (Wildman–Crippen LogP) is 4.17. The Bertz CT molecular complexity index is 528. The lowest BCUT2D eigenvalue weighted by Crippen LogP contribution is -2.22. The van der Waals surface area contributed by atoms with Crippen LogP contribution in [0, 0.1) is 0 Å². The molecule has 1 saturated heterocycles. The molecule has 1 aromatic rings. The van der Waals surface area contributed by atoms with Crippen LogP contribution in [0.5, 0.6) is 5.75 Å². The first-order chi connectivity index (χ1) is 9.88. The van der Waals surface area contributed by atoms with Crippen LogP contribution in [-0.4, -0.2) is 31.3 Å². The number of carbonyl (C=O) groups excluding carboxylic acids is 1. The molecule has 1 heterocycles. The normalized spacial score (nSPS) is 15.4. The molecule has 21 heavy (non-hydrogen) atoms. The SMILES string of the molecule is COc1c(N2CCCC2)cc(C(=O)CBr)cc1C(C)(C)C.